The Labute approximate surface area is 211 Å². The SMILES string of the molecule is CC(NC(=O)c1cccc(NC2=C(Cl)C(=O)N(c3cc(Cl)ccc3Cl)C2=O)c1)c1ccccc1. The summed E-state index contributed by atoms with van der Waals surface area (Å²) >= 11 is 18.4. The summed E-state index contributed by atoms with van der Waals surface area (Å²) < 4.78 is 0. The highest BCUT2D eigenvalue weighted by Crippen LogP contribution is 2.35. The zero-order valence-electron chi connectivity index (χ0n) is 17.8. The number of benzene rings is 3. The summed E-state index contributed by atoms with van der Waals surface area (Å²) in [5, 5.41) is 5.98. The van der Waals surface area contributed by atoms with Crippen molar-refractivity contribution in [3.63, 3.8) is 0 Å². The van der Waals surface area contributed by atoms with Gasteiger partial charge in [-0.05, 0) is 48.9 Å². The summed E-state index contributed by atoms with van der Waals surface area (Å²) in [4.78, 5) is 39.4. The average Bonchev–Trinajstić information content (AvgIpc) is 3.04. The molecule has 4 rings (SSSR count). The van der Waals surface area contributed by atoms with Crippen LogP contribution in [0.2, 0.25) is 10.0 Å². The van der Waals surface area contributed by atoms with Gasteiger partial charge in [-0.2, -0.15) is 0 Å². The van der Waals surface area contributed by atoms with Crippen molar-refractivity contribution >= 4 is 63.9 Å². The van der Waals surface area contributed by atoms with Crippen LogP contribution >= 0.6 is 34.8 Å². The maximum atomic E-state index is 13.0. The molecule has 34 heavy (non-hydrogen) atoms. The Morgan fingerprint density at radius 1 is 0.882 bits per heavy atom. The van der Waals surface area contributed by atoms with Crippen molar-refractivity contribution in [3.05, 3.63) is 105 Å². The molecule has 3 amide bonds. The number of rotatable bonds is 6. The molecule has 1 heterocycles. The van der Waals surface area contributed by atoms with E-state index in [9.17, 15) is 14.4 Å². The molecule has 0 saturated carbocycles. The Kier molecular flexibility index (Phi) is 6.93. The molecule has 0 bridgehead atoms. The van der Waals surface area contributed by atoms with Crippen molar-refractivity contribution in [2.75, 3.05) is 10.2 Å². The second-order valence-electron chi connectivity index (χ2n) is 7.54. The molecule has 0 radical (unpaired) electrons. The second kappa shape index (κ2) is 9.89. The van der Waals surface area contributed by atoms with Crippen molar-refractivity contribution < 1.29 is 14.4 Å². The van der Waals surface area contributed by atoms with E-state index in [4.69, 9.17) is 34.8 Å². The fourth-order valence-electron chi connectivity index (χ4n) is 3.47. The second-order valence-corrected chi connectivity index (χ2v) is 8.76. The van der Waals surface area contributed by atoms with E-state index in [2.05, 4.69) is 10.6 Å². The number of nitrogens with one attached hydrogen (secondary N) is 2. The maximum Gasteiger partial charge on any atom is 0.283 e. The normalized spacial score (nSPS) is 14.4. The summed E-state index contributed by atoms with van der Waals surface area (Å²) in [7, 11) is 0. The standard InChI is InChI=1S/C25H18Cl3N3O3/c1-14(15-6-3-2-4-7-15)29-23(32)16-8-5-9-18(12-16)30-22-21(28)24(33)31(25(22)34)20-13-17(26)10-11-19(20)27/h2-14,30H,1H3,(H,29,32). The molecule has 9 heteroatoms. The van der Waals surface area contributed by atoms with Gasteiger partial charge in [0.2, 0.25) is 0 Å². The Morgan fingerprint density at radius 3 is 2.35 bits per heavy atom. The Morgan fingerprint density at radius 2 is 1.62 bits per heavy atom. The average molecular weight is 515 g/mol. The summed E-state index contributed by atoms with van der Waals surface area (Å²) in [6.07, 6.45) is 0. The first-order chi connectivity index (χ1) is 16.3. The number of carbonyl (C=O) groups excluding carboxylic acids is 3. The topological polar surface area (TPSA) is 78.5 Å². The van der Waals surface area contributed by atoms with Gasteiger partial charge in [0.25, 0.3) is 17.7 Å². The van der Waals surface area contributed by atoms with Gasteiger partial charge in [0.15, 0.2) is 0 Å². The number of amides is 3. The van der Waals surface area contributed by atoms with Gasteiger partial charge >= 0.3 is 0 Å². The van der Waals surface area contributed by atoms with E-state index < -0.39 is 11.8 Å². The third-order valence-electron chi connectivity index (χ3n) is 5.22. The van der Waals surface area contributed by atoms with Crippen LogP contribution in [0.15, 0.2) is 83.5 Å². The number of imide groups is 1. The lowest BCUT2D eigenvalue weighted by molar-refractivity contribution is -0.120. The molecule has 2 N–H and O–H groups in total. The molecule has 0 saturated heterocycles. The van der Waals surface area contributed by atoms with Gasteiger partial charge in [0.1, 0.15) is 10.7 Å². The van der Waals surface area contributed by atoms with Crippen LogP contribution < -0.4 is 15.5 Å². The largest absolute Gasteiger partial charge is 0.350 e. The number of carbonyl (C=O) groups is 3. The minimum atomic E-state index is -0.732. The molecule has 3 aromatic rings. The Balaban J connectivity index is 1.53. The maximum absolute atomic E-state index is 13.0. The zero-order valence-corrected chi connectivity index (χ0v) is 20.1. The Hall–Kier alpha value is -3.32. The van der Waals surface area contributed by atoms with E-state index in [0.29, 0.717) is 16.3 Å². The molecule has 1 aliphatic heterocycles. The first kappa shape index (κ1) is 23.8. The monoisotopic (exact) mass is 513 g/mol. The van der Waals surface area contributed by atoms with Gasteiger partial charge in [-0.1, -0.05) is 71.2 Å². The quantitative estimate of drug-likeness (QED) is 0.400. The summed E-state index contributed by atoms with van der Waals surface area (Å²) in [6.45, 7) is 1.89. The van der Waals surface area contributed by atoms with E-state index in [0.717, 1.165) is 10.5 Å². The first-order valence-electron chi connectivity index (χ1n) is 10.2. The highest BCUT2D eigenvalue weighted by atomic mass is 35.5. The van der Waals surface area contributed by atoms with Crippen LogP contribution in [0.1, 0.15) is 28.9 Å². The van der Waals surface area contributed by atoms with E-state index in [1.807, 2.05) is 37.3 Å². The molecule has 0 fully saturated rings. The van der Waals surface area contributed by atoms with Crippen LogP contribution in [-0.4, -0.2) is 17.7 Å². The number of nitrogens with zero attached hydrogens (tertiary/aromatic N) is 1. The lowest BCUT2D eigenvalue weighted by Crippen LogP contribution is -2.32. The predicted octanol–water partition coefficient (Wildman–Crippen LogP) is 5.92. The number of hydrogen-bond acceptors (Lipinski definition) is 4. The smallest absolute Gasteiger partial charge is 0.283 e. The van der Waals surface area contributed by atoms with Gasteiger partial charge in [0, 0.05) is 16.3 Å². The highest BCUT2D eigenvalue weighted by Gasteiger charge is 2.40. The zero-order chi connectivity index (χ0) is 24.4. The van der Waals surface area contributed by atoms with E-state index in [1.54, 1.807) is 30.3 Å². The molecule has 0 aliphatic carbocycles. The van der Waals surface area contributed by atoms with Gasteiger partial charge in [-0.3, -0.25) is 14.4 Å². The molecule has 0 spiro atoms. The predicted molar refractivity (Wildman–Crippen MR) is 134 cm³/mol. The third-order valence-corrected chi connectivity index (χ3v) is 6.12. The molecule has 1 aliphatic rings. The summed E-state index contributed by atoms with van der Waals surface area (Å²) in [5.74, 6) is -1.71. The van der Waals surface area contributed by atoms with E-state index >= 15 is 0 Å². The van der Waals surface area contributed by atoms with Gasteiger partial charge in [0.05, 0.1) is 16.8 Å². The minimum Gasteiger partial charge on any atom is -0.350 e. The molecule has 172 valence electrons. The molecule has 0 aromatic heterocycles. The number of halogens is 3. The lowest BCUT2D eigenvalue weighted by Gasteiger charge is -2.17. The van der Waals surface area contributed by atoms with Crippen LogP contribution in [0.4, 0.5) is 11.4 Å². The van der Waals surface area contributed by atoms with Crippen molar-refractivity contribution in [1.82, 2.24) is 5.32 Å². The fourth-order valence-corrected chi connectivity index (χ4v) is 4.06. The first-order valence-corrected chi connectivity index (χ1v) is 11.4. The number of hydrogen-bond donors (Lipinski definition) is 2. The summed E-state index contributed by atoms with van der Waals surface area (Å²) in [5.41, 5.74) is 1.75. The van der Waals surface area contributed by atoms with Crippen molar-refractivity contribution in [2.24, 2.45) is 0 Å². The van der Waals surface area contributed by atoms with Crippen LogP contribution in [0.25, 0.3) is 0 Å². The van der Waals surface area contributed by atoms with Crippen molar-refractivity contribution in [2.45, 2.75) is 13.0 Å². The molecule has 1 unspecified atom stereocenters. The van der Waals surface area contributed by atoms with Crippen LogP contribution in [0.5, 0.6) is 0 Å². The summed E-state index contributed by atoms with van der Waals surface area (Å²) in [6, 6.07) is 20.3. The highest BCUT2D eigenvalue weighted by molar-refractivity contribution is 6.54. The van der Waals surface area contributed by atoms with Crippen molar-refractivity contribution in [3.8, 4) is 0 Å². The third kappa shape index (κ3) is 4.80. The van der Waals surface area contributed by atoms with E-state index in [-0.39, 0.29) is 33.4 Å². The fraction of sp³-hybridized carbons (Fsp3) is 0.0800. The van der Waals surface area contributed by atoms with Crippen LogP contribution in [0, 0.1) is 0 Å². The number of anilines is 2. The molecular formula is C25H18Cl3N3O3. The van der Waals surface area contributed by atoms with Crippen molar-refractivity contribution in [1.29, 1.82) is 0 Å². The van der Waals surface area contributed by atoms with Gasteiger partial charge in [-0.15, -0.1) is 0 Å². The Bertz CT molecular complexity index is 1330. The molecular weight excluding hydrogens is 497 g/mol. The molecule has 6 nitrogen and oxygen atoms in total. The van der Waals surface area contributed by atoms with Crippen LogP contribution in [-0.2, 0) is 9.59 Å². The lowest BCUT2D eigenvalue weighted by atomic mass is 10.1. The van der Waals surface area contributed by atoms with E-state index in [1.165, 1.54) is 12.1 Å². The molecule has 3 aromatic carbocycles. The molecule has 1 atom stereocenters. The van der Waals surface area contributed by atoms with Gasteiger partial charge < -0.3 is 10.6 Å². The minimum absolute atomic E-state index is 0.127. The van der Waals surface area contributed by atoms with Gasteiger partial charge in [-0.25, -0.2) is 4.90 Å². The van der Waals surface area contributed by atoms with Crippen LogP contribution in [0.3, 0.4) is 0 Å².